The number of aryl methyl sites for hydroxylation is 3. The molecule has 0 amide bonds. The average molecular weight is 230 g/mol. The monoisotopic (exact) mass is 230 g/mol. The van der Waals surface area contributed by atoms with Gasteiger partial charge in [0.15, 0.2) is 0 Å². The fourth-order valence-electron chi connectivity index (χ4n) is 1.95. The highest BCUT2D eigenvalue weighted by Crippen LogP contribution is 2.19. The number of benzene rings is 1. The summed E-state index contributed by atoms with van der Waals surface area (Å²) in [4.78, 5) is 4.25. The molecule has 0 aliphatic rings. The van der Waals surface area contributed by atoms with Gasteiger partial charge >= 0.3 is 0 Å². The Morgan fingerprint density at radius 3 is 2.59 bits per heavy atom. The highest BCUT2D eigenvalue weighted by atomic mass is 15.3. The van der Waals surface area contributed by atoms with E-state index in [9.17, 15) is 0 Å². The van der Waals surface area contributed by atoms with Crippen LogP contribution in [-0.2, 0) is 13.1 Å². The fraction of sp³-hybridized carbons (Fsp3) is 0.385. The number of nitrogens with zero attached hydrogens (tertiary/aromatic N) is 3. The van der Waals surface area contributed by atoms with Gasteiger partial charge in [-0.3, -0.25) is 0 Å². The van der Waals surface area contributed by atoms with Crippen LogP contribution in [0.4, 0.5) is 5.69 Å². The van der Waals surface area contributed by atoms with Crippen molar-refractivity contribution in [3.63, 3.8) is 0 Å². The maximum absolute atomic E-state index is 4.25. The van der Waals surface area contributed by atoms with Gasteiger partial charge in [0, 0.05) is 12.2 Å². The molecule has 2 aromatic rings. The van der Waals surface area contributed by atoms with Gasteiger partial charge in [0.2, 0.25) is 0 Å². The molecule has 2 rings (SSSR count). The van der Waals surface area contributed by atoms with Crippen molar-refractivity contribution in [3.8, 4) is 0 Å². The van der Waals surface area contributed by atoms with Crippen LogP contribution < -0.4 is 5.32 Å². The van der Waals surface area contributed by atoms with Crippen LogP contribution in [0, 0.1) is 13.8 Å². The quantitative estimate of drug-likeness (QED) is 0.877. The Morgan fingerprint density at radius 2 is 1.94 bits per heavy atom. The van der Waals surface area contributed by atoms with Crippen molar-refractivity contribution in [2.45, 2.75) is 33.9 Å². The standard InChI is InChI=1S/C13H18N4/c1-4-17-12(15-9-16-17)8-14-13-10(2)6-5-7-11(13)3/h5-7,9,14H,4,8H2,1-3H3. The minimum atomic E-state index is 0.708. The summed E-state index contributed by atoms with van der Waals surface area (Å²) in [7, 11) is 0. The number of hydrogen-bond acceptors (Lipinski definition) is 3. The van der Waals surface area contributed by atoms with Gasteiger partial charge in [0.25, 0.3) is 0 Å². The largest absolute Gasteiger partial charge is 0.377 e. The number of hydrogen-bond donors (Lipinski definition) is 1. The van der Waals surface area contributed by atoms with E-state index in [2.05, 4.69) is 54.4 Å². The number of nitrogens with one attached hydrogen (secondary N) is 1. The van der Waals surface area contributed by atoms with E-state index in [-0.39, 0.29) is 0 Å². The van der Waals surface area contributed by atoms with Crippen LogP contribution in [0.15, 0.2) is 24.5 Å². The van der Waals surface area contributed by atoms with Crippen LogP contribution in [0.25, 0.3) is 0 Å². The summed E-state index contributed by atoms with van der Waals surface area (Å²) in [5.74, 6) is 0.968. The van der Waals surface area contributed by atoms with E-state index in [1.807, 2.05) is 4.68 Å². The Bertz CT molecular complexity index is 482. The van der Waals surface area contributed by atoms with Crippen molar-refractivity contribution in [1.82, 2.24) is 14.8 Å². The van der Waals surface area contributed by atoms with Gasteiger partial charge < -0.3 is 5.32 Å². The maximum Gasteiger partial charge on any atom is 0.146 e. The number of anilines is 1. The van der Waals surface area contributed by atoms with Gasteiger partial charge in [-0.25, -0.2) is 9.67 Å². The summed E-state index contributed by atoms with van der Waals surface area (Å²) in [6.07, 6.45) is 1.60. The third-order valence-corrected chi connectivity index (χ3v) is 2.90. The van der Waals surface area contributed by atoms with Crippen molar-refractivity contribution in [2.24, 2.45) is 0 Å². The van der Waals surface area contributed by atoms with Crippen LogP contribution in [0.1, 0.15) is 23.9 Å². The lowest BCUT2D eigenvalue weighted by Crippen LogP contribution is -2.10. The molecule has 0 bridgehead atoms. The van der Waals surface area contributed by atoms with E-state index in [4.69, 9.17) is 0 Å². The molecular formula is C13H18N4. The molecule has 0 aliphatic carbocycles. The second-order valence-corrected chi connectivity index (χ2v) is 4.11. The molecule has 17 heavy (non-hydrogen) atoms. The number of rotatable bonds is 4. The normalized spacial score (nSPS) is 10.5. The minimum absolute atomic E-state index is 0.708. The Labute approximate surface area is 102 Å². The summed E-state index contributed by atoms with van der Waals surface area (Å²) >= 11 is 0. The van der Waals surface area contributed by atoms with Crippen molar-refractivity contribution in [3.05, 3.63) is 41.5 Å². The van der Waals surface area contributed by atoms with Gasteiger partial charge in [-0.1, -0.05) is 18.2 Å². The van der Waals surface area contributed by atoms with E-state index in [0.717, 1.165) is 12.4 Å². The Morgan fingerprint density at radius 1 is 1.24 bits per heavy atom. The summed E-state index contributed by atoms with van der Waals surface area (Å²) < 4.78 is 1.90. The van der Waals surface area contributed by atoms with E-state index in [1.54, 1.807) is 6.33 Å². The van der Waals surface area contributed by atoms with Crippen molar-refractivity contribution < 1.29 is 0 Å². The first-order valence-corrected chi connectivity index (χ1v) is 5.89. The van der Waals surface area contributed by atoms with Gasteiger partial charge in [0.05, 0.1) is 6.54 Å². The summed E-state index contributed by atoms with van der Waals surface area (Å²) in [6, 6.07) is 6.30. The zero-order valence-corrected chi connectivity index (χ0v) is 10.6. The van der Waals surface area contributed by atoms with Crippen molar-refractivity contribution in [2.75, 3.05) is 5.32 Å². The predicted molar refractivity (Wildman–Crippen MR) is 68.9 cm³/mol. The maximum atomic E-state index is 4.25. The first kappa shape index (κ1) is 11.6. The lowest BCUT2D eigenvalue weighted by molar-refractivity contribution is 0.622. The highest BCUT2D eigenvalue weighted by Gasteiger charge is 2.05. The molecule has 0 unspecified atom stereocenters. The molecule has 1 N–H and O–H groups in total. The van der Waals surface area contributed by atoms with Crippen LogP contribution in [-0.4, -0.2) is 14.8 Å². The van der Waals surface area contributed by atoms with Gasteiger partial charge in [-0.2, -0.15) is 5.10 Å². The Kier molecular flexibility index (Phi) is 3.42. The van der Waals surface area contributed by atoms with Crippen molar-refractivity contribution in [1.29, 1.82) is 0 Å². The van der Waals surface area contributed by atoms with Gasteiger partial charge in [-0.05, 0) is 31.9 Å². The van der Waals surface area contributed by atoms with Gasteiger partial charge in [0.1, 0.15) is 12.2 Å². The summed E-state index contributed by atoms with van der Waals surface area (Å²) in [6.45, 7) is 7.85. The zero-order valence-electron chi connectivity index (χ0n) is 10.6. The third-order valence-electron chi connectivity index (χ3n) is 2.90. The van der Waals surface area contributed by atoms with Crippen LogP contribution in [0.5, 0.6) is 0 Å². The topological polar surface area (TPSA) is 42.7 Å². The molecule has 1 aromatic heterocycles. The molecule has 4 nitrogen and oxygen atoms in total. The molecule has 0 saturated heterocycles. The molecule has 0 aliphatic heterocycles. The van der Waals surface area contributed by atoms with Gasteiger partial charge in [-0.15, -0.1) is 0 Å². The molecule has 1 heterocycles. The molecule has 1 aromatic carbocycles. The molecule has 0 fully saturated rings. The molecule has 0 saturated carbocycles. The van der Waals surface area contributed by atoms with Crippen LogP contribution in [0.3, 0.4) is 0 Å². The lowest BCUT2D eigenvalue weighted by atomic mass is 10.1. The summed E-state index contributed by atoms with van der Waals surface area (Å²) in [5, 5.41) is 7.59. The smallest absolute Gasteiger partial charge is 0.146 e. The first-order chi connectivity index (χ1) is 8.22. The highest BCUT2D eigenvalue weighted by molar-refractivity contribution is 5.56. The Balaban J connectivity index is 2.13. The fourth-order valence-corrected chi connectivity index (χ4v) is 1.95. The van der Waals surface area contributed by atoms with E-state index in [0.29, 0.717) is 6.54 Å². The Hall–Kier alpha value is -1.84. The first-order valence-electron chi connectivity index (χ1n) is 5.89. The third kappa shape index (κ3) is 2.46. The van der Waals surface area contributed by atoms with E-state index >= 15 is 0 Å². The number of aromatic nitrogens is 3. The van der Waals surface area contributed by atoms with Crippen molar-refractivity contribution >= 4 is 5.69 Å². The average Bonchev–Trinajstić information content (AvgIpc) is 2.76. The molecule has 0 atom stereocenters. The van der Waals surface area contributed by atoms with E-state index in [1.165, 1.54) is 16.8 Å². The molecule has 90 valence electrons. The summed E-state index contributed by atoms with van der Waals surface area (Å²) in [5.41, 5.74) is 3.71. The molecule has 0 radical (unpaired) electrons. The predicted octanol–water partition coefficient (Wildman–Crippen LogP) is 2.53. The van der Waals surface area contributed by atoms with Crippen LogP contribution >= 0.6 is 0 Å². The lowest BCUT2D eigenvalue weighted by Gasteiger charge is -2.12. The number of para-hydroxylation sites is 1. The SMILES string of the molecule is CCn1ncnc1CNc1c(C)cccc1C. The minimum Gasteiger partial charge on any atom is -0.377 e. The molecule has 0 spiro atoms. The zero-order chi connectivity index (χ0) is 12.3. The van der Waals surface area contributed by atoms with Crippen LogP contribution in [0.2, 0.25) is 0 Å². The van der Waals surface area contributed by atoms with E-state index < -0.39 is 0 Å². The second kappa shape index (κ2) is 4.99. The molecular weight excluding hydrogens is 212 g/mol. The molecule has 4 heteroatoms. The second-order valence-electron chi connectivity index (χ2n) is 4.11.